The van der Waals surface area contributed by atoms with Crippen molar-refractivity contribution in [3.05, 3.63) is 65.0 Å². The van der Waals surface area contributed by atoms with E-state index in [1.54, 1.807) is 24.5 Å². The van der Waals surface area contributed by atoms with Gasteiger partial charge in [0.2, 0.25) is 0 Å². The molecule has 27 heavy (non-hydrogen) atoms. The van der Waals surface area contributed by atoms with Crippen LogP contribution in [0.15, 0.2) is 58.1 Å². The van der Waals surface area contributed by atoms with Crippen LogP contribution >= 0.6 is 11.8 Å². The molecule has 2 aromatic heterocycles. The number of amides is 2. The summed E-state index contributed by atoms with van der Waals surface area (Å²) in [6.07, 6.45) is 6.99. The van der Waals surface area contributed by atoms with E-state index in [0.717, 1.165) is 42.2 Å². The monoisotopic (exact) mass is 379 g/mol. The number of carbonyl (C=O) groups is 2. The topological polar surface area (TPSA) is 84.2 Å². The lowest BCUT2D eigenvalue weighted by Crippen LogP contribution is -2.17. The molecule has 136 valence electrons. The first-order valence-corrected chi connectivity index (χ1v) is 9.41. The molecule has 3 aromatic rings. The predicted octanol–water partition coefficient (Wildman–Crippen LogP) is 4.20. The lowest BCUT2D eigenvalue weighted by molar-refractivity contribution is -0.115. The van der Waals surface area contributed by atoms with Gasteiger partial charge in [-0.3, -0.25) is 19.9 Å². The van der Waals surface area contributed by atoms with Crippen molar-refractivity contribution in [1.29, 1.82) is 0 Å². The molecule has 0 spiro atoms. The minimum atomic E-state index is -0.400. The van der Waals surface area contributed by atoms with Crippen LogP contribution in [0.1, 0.15) is 17.7 Å². The Morgan fingerprint density at radius 3 is 2.81 bits per heavy atom. The molecule has 0 unspecified atom stereocenters. The molecular weight excluding hydrogens is 362 g/mol. The Bertz CT molecular complexity index is 1030. The van der Waals surface area contributed by atoms with Gasteiger partial charge in [-0.05, 0) is 36.2 Å². The van der Waals surface area contributed by atoms with E-state index in [2.05, 4.69) is 27.8 Å². The summed E-state index contributed by atoms with van der Waals surface area (Å²) in [6, 6.07) is 12.2. The third kappa shape index (κ3) is 4.03. The van der Waals surface area contributed by atoms with Crippen LogP contribution < -0.4 is 10.6 Å². The van der Waals surface area contributed by atoms with Gasteiger partial charge in [-0.25, -0.2) is 0 Å². The van der Waals surface area contributed by atoms with E-state index in [1.165, 1.54) is 5.56 Å². The fraction of sp³-hybridized carbons (Fsp3) is 0.150. The Kier molecular flexibility index (Phi) is 4.93. The quantitative estimate of drug-likeness (QED) is 0.493. The number of hydrogen-bond acceptors (Lipinski definition) is 6. The third-order valence-corrected chi connectivity index (χ3v) is 4.97. The predicted molar refractivity (Wildman–Crippen MR) is 106 cm³/mol. The number of thioether (sulfide) groups is 1. The van der Waals surface area contributed by atoms with E-state index in [9.17, 15) is 9.59 Å². The number of nitrogens with zero attached hydrogens (tertiary/aromatic N) is 1. The van der Waals surface area contributed by atoms with E-state index in [-0.39, 0.29) is 5.24 Å². The van der Waals surface area contributed by atoms with Crippen LogP contribution in [0.3, 0.4) is 0 Å². The molecule has 3 heterocycles. The number of anilines is 1. The highest BCUT2D eigenvalue weighted by molar-refractivity contribution is 8.18. The number of aryl methyl sites for hydroxylation is 1. The number of aromatic nitrogens is 1. The van der Waals surface area contributed by atoms with Gasteiger partial charge in [-0.1, -0.05) is 30.3 Å². The van der Waals surface area contributed by atoms with Crippen molar-refractivity contribution in [3.8, 4) is 0 Å². The first-order chi connectivity index (χ1) is 13.2. The molecule has 0 atom stereocenters. The molecule has 7 heteroatoms. The van der Waals surface area contributed by atoms with Crippen molar-refractivity contribution in [3.63, 3.8) is 0 Å². The van der Waals surface area contributed by atoms with Gasteiger partial charge in [0.15, 0.2) is 5.58 Å². The second kappa shape index (κ2) is 7.67. The van der Waals surface area contributed by atoms with Crippen LogP contribution in [-0.4, -0.2) is 22.7 Å². The summed E-state index contributed by atoms with van der Waals surface area (Å²) in [5, 5.41) is 6.06. The zero-order valence-electron chi connectivity index (χ0n) is 14.4. The van der Waals surface area contributed by atoms with Crippen molar-refractivity contribution in [1.82, 2.24) is 10.3 Å². The number of benzene rings is 1. The van der Waals surface area contributed by atoms with E-state index in [4.69, 9.17) is 4.42 Å². The maximum absolute atomic E-state index is 11.7. The van der Waals surface area contributed by atoms with Gasteiger partial charge in [0, 0.05) is 24.2 Å². The standard InChI is InChI=1S/C20H17N3O3S/c24-19-17(27-20(25)23-19)10-15-9-14-11-21-12-16(18(14)26-15)22-8-4-7-13-5-2-1-3-6-13/h1-3,5-6,9-12,22H,4,7-8H2,(H,23,24,25)/b17-10-. The van der Waals surface area contributed by atoms with Gasteiger partial charge in [-0.2, -0.15) is 0 Å². The Balaban J connectivity index is 1.46. The fourth-order valence-electron chi connectivity index (χ4n) is 2.89. The molecule has 0 bridgehead atoms. The fourth-order valence-corrected chi connectivity index (χ4v) is 3.55. The summed E-state index contributed by atoms with van der Waals surface area (Å²) in [4.78, 5) is 27.5. The highest BCUT2D eigenvalue weighted by Gasteiger charge is 2.25. The summed E-state index contributed by atoms with van der Waals surface area (Å²) in [5.41, 5.74) is 2.81. The van der Waals surface area contributed by atoms with Gasteiger partial charge in [-0.15, -0.1) is 0 Å². The molecule has 1 aliphatic heterocycles. The number of fused-ring (bicyclic) bond motifs is 1. The van der Waals surface area contributed by atoms with Crippen molar-refractivity contribution >= 4 is 45.6 Å². The van der Waals surface area contributed by atoms with Crippen molar-refractivity contribution in [2.24, 2.45) is 0 Å². The van der Waals surface area contributed by atoms with Gasteiger partial charge >= 0.3 is 0 Å². The van der Waals surface area contributed by atoms with E-state index < -0.39 is 5.91 Å². The van der Waals surface area contributed by atoms with Gasteiger partial charge in [0.1, 0.15) is 5.76 Å². The average molecular weight is 379 g/mol. The zero-order valence-corrected chi connectivity index (χ0v) is 15.2. The van der Waals surface area contributed by atoms with Crippen LogP contribution in [-0.2, 0) is 11.2 Å². The smallest absolute Gasteiger partial charge is 0.290 e. The normalized spacial score (nSPS) is 15.5. The van der Waals surface area contributed by atoms with Crippen LogP contribution in [0.25, 0.3) is 17.0 Å². The summed E-state index contributed by atoms with van der Waals surface area (Å²) in [7, 11) is 0. The summed E-state index contributed by atoms with van der Waals surface area (Å²) < 4.78 is 5.88. The molecule has 4 rings (SSSR count). The van der Waals surface area contributed by atoms with Gasteiger partial charge in [0.05, 0.1) is 16.8 Å². The Hall–Kier alpha value is -3.06. The number of nitrogens with one attached hydrogen (secondary N) is 2. The second-order valence-corrected chi connectivity index (χ2v) is 7.14. The molecular formula is C20H17N3O3S. The number of rotatable bonds is 6. The summed E-state index contributed by atoms with van der Waals surface area (Å²) in [6.45, 7) is 0.791. The summed E-state index contributed by atoms with van der Waals surface area (Å²) in [5.74, 6) is 0.112. The zero-order chi connectivity index (χ0) is 18.6. The first-order valence-electron chi connectivity index (χ1n) is 8.59. The lowest BCUT2D eigenvalue weighted by Gasteiger charge is -2.06. The molecule has 1 fully saturated rings. The number of imide groups is 1. The Morgan fingerprint density at radius 2 is 2.04 bits per heavy atom. The Morgan fingerprint density at radius 1 is 1.19 bits per heavy atom. The van der Waals surface area contributed by atoms with E-state index in [0.29, 0.717) is 16.2 Å². The molecule has 2 amide bonds. The molecule has 0 radical (unpaired) electrons. The molecule has 2 N–H and O–H groups in total. The lowest BCUT2D eigenvalue weighted by atomic mass is 10.1. The van der Waals surface area contributed by atoms with Crippen molar-refractivity contribution in [2.75, 3.05) is 11.9 Å². The molecule has 0 saturated carbocycles. The van der Waals surface area contributed by atoms with Crippen molar-refractivity contribution in [2.45, 2.75) is 12.8 Å². The van der Waals surface area contributed by atoms with Crippen LogP contribution in [0, 0.1) is 0 Å². The largest absolute Gasteiger partial charge is 0.454 e. The van der Waals surface area contributed by atoms with Crippen LogP contribution in [0.2, 0.25) is 0 Å². The first kappa shape index (κ1) is 17.4. The minimum absolute atomic E-state index is 0.324. The number of furan rings is 1. The van der Waals surface area contributed by atoms with Crippen molar-refractivity contribution < 1.29 is 14.0 Å². The molecule has 0 aliphatic carbocycles. The highest BCUT2D eigenvalue weighted by atomic mass is 32.2. The molecule has 1 aliphatic rings. The SMILES string of the molecule is O=C1NC(=O)/C(=C/c2cc3cncc(NCCCc4ccccc4)c3o2)S1. The average Bonchev–Trinajstić information content (AvgIpc) is 3.22. The van der Waals surface area contributed by atoms with Crippen LogP contribution in [0.5, 0.6) is 0 Å². The van der Waals surface area contributed by atoms with Crippen LogP contribution in [0.4, 0.5) is 10.5 Å². The minimum Gasteiger partial charge on any atom is -0.454 e. The van der Waals surface area contributed by atoms with Gasteiger partial charge < -0.3 is 9.73 Å². The Labute approximate surface area is 160 Å². The molecule has 1 saturated heterocycles. The number of carbonyl (C=O) groups excluding carboxylic acids is 2. The maximum atomic E-state index is 11.7. The number of pyridine rings is 1. The van der Waals surface area contributed by atoms with Gasteiger partial charge in [0.25, 0.3) is 11.1 Å². The maximum Gasteiger partial charge on any atom is 0.290 e. The number of hydrogen-bond donors (Lipinski definition) is 2. The molecule has 6 nitrogen and oxygen atoms in total. The second-order valence-electron chi connectivity index (χ2n) is 6.12. The van der Waals surface area contributed by atoms with E-state index in [1.807, 2.05) is 18.2 Å². The summed E-state index contributed by atoms with van der Waals surface area (Å²) >= 11 is 0.868. The highest BCUT2D eigenvalue weighted by Crippen LogP contribution is 2.30. The van der Waals surface area contributed by atoms with E-state index >= 15 is 0 Å². The third-order valence-electron chi connectivity index (χ3n) is 4.16. The molecule has 1 aromatic carbocycles.